The maximum absolute atomic E-state index is 11.9. The number of nitrogens with one attached hydrogen (secondary N) is 2. The number of hydrogen-bond donors (Lipinski definition) is 2. The second kappa shape index (κ2) is 12.2. The first kappa shape index (κ1) is 23.8. The highest BCUT2D eigenvalue weighted by Crippen LogP contribution is 2.33. The maximum Gasteiger partial charge on any atom is 0.308 e. The van der Waals surface area contributed by atoms with Crippen molar-refractivity contribution in [3.63, 3.8) is 0 Å². The zero-order chi connectivity index (χ0) is 19.8. The van der Waals surface area contributed by atoms with Crippen molar-refractivity contribution in [1.29, 1.82) is 0 Å². The van der Waals surface area contributed by atoms with E-state index in [0.29, 0.717) is 18.6 Å². The lowest BCUT2D eigenvalue weighted by Gasteiger charge is -2.29. The molecule has 0 bridgehead atoms. The lowest BCUT2D eigenvalue weighted by molar-refractivity contribution is -0.149. The highest BCUT2D eigenvalue weighted by atomic mass is 127. The van der Waals surface area contributed by atoms with Gasteiger partial charge in [0.05, 0.1) is 19.1 Å². The maximum atomic E-state index is 11.9. The van der Waals surface area contributed by atoms with Crippen LogP contribution in [0.15, 0.2) is 29.3 Å². The number of esters is 1. The first-order chi connectivity index (χ1) is 13.7. The van der Waals surface area contributed by atoms with Gasteiger partial charge >= 0.3 is 5.97 Å². The van der Waals surface area contributed by atoms with Gasteiger partial charge in [-0.1, -0.05) is 18.2 Å². The molecule has 0 radical (unpaired) electrons. The van der Waals surface area contributed by atoms with Crippen molar-refractivity contribution in [2.45, 2.75) is 57.9 Å². The van der Waals surface area contributed by atoms with E-state index in [9.17, 15) is 4.79 Å². The molecule has 1 aliphatic heterocycles. The Morgan fingerprint density at radius 3 is 2.66 bits per heavy atom. The molecule has 6 nitrogen and oxygen atoms in total. The fourth-order valence-corrected chi connectivity index (χ4v) is 4.05. The lowest BCUT2D eigenvalue weighted by Crippen LogP contribution is -2.45. The molecular weight excluding hydrogens is 481 g/mol. The van der Waals surface area contributed by atoms with Crippen LogP contribution in [-0.4, -0.2) is 44.3 Å². The van der Waals surface area contributed by atoms with Crippen molar-refractivity contribution in [1.82, 2.24) is 10.6 Å². The summed E-state index contributed by atoms with van der Waals surface area (Å²) in [6.45, 7) is 6.73. The van der Waals surface area contributed by atoms with E-state index in [2.05, 4.69) is 29.7 Å². The van der Waals surface area contributed by atoms with Crippen molar-refractivity contribution >= 4 is 35.9 Å². The topological polar surface area (TPSA) is 72.0 Å². The molecule has 0 spiro atoms. The highest BCUT2D eigenvalue weighted by Gasteiger charge is 2.28. The number of aliphatic imine (C=N–C) groups is 1. The third-order valence-electron chi connectivity index (χ3n) is 5.58. The van der Waals surface area contributed by atoms with Crippen LogP contribution in [0.4, 0.5) is 0 Å². The molecule has 1 fully saturated rings. The minimum absolute atomic E-state index is 0. The number of carbonyl (C=O) groups excluding carboxylic acids is 1. The van der Waals surface area contributed by atoms with Crippen LogP contribution in [0.3, 0.4) is 0 Å². The Hall–Kier alpha value is -1.51. The van der Waals surface area contributed by atoms with Crippen LogP contribution in [0.25, 0.3) is 0 Å². The number of rotatable bonds is 6. The molecule has 0 amide bonds. The van der Waals surface area contributed by atoms with Gasteiger partial charge in [0.2, 0.25) is 0 Å². The smallest absolute Gasteiger partial charge is 0.308 e. The molecule has 1 atom stereocenters. The van der Waals surface area contributed by atoms with Gasteiger partial charge in [-0.3, -0.25) is 9.79 Å². The van der Waals surface area contributed by atoms with Gasteiger partial charge in [0, 0.05) is 25.0 Å². The normalized spacial score (nSPS) is 23.8. The molecule has 2 N–H and O–H groups in total. The van der Waals surface area contributed by atoms with Gasteiger partial charge in [0.25, 0.3) is 0 Å². The Labute approximate surface area is 191 Å². The van der Waals surface area contributed by atoms with Crippen molar-refractivity contribution < 1.29 is 14.3 Å². The summed E-state index contributed by atoms with van der Waals surface area (Å²) in [6.07, 6.45) is 4.68. The predicted octanol–water partition coefficient (Wildman–Crippen LogP) is 3.85. The van der Waals surface area contributed by atoms with Crippen molar-refractivity contribution in [2.75, 3.05) is 26.3 Å². The summed E-state index contributed by atoms with van der Waals surface area (Å²) in [5.74, 6) is 2.26. The third kappa shape index (κ3) is 6.76. The SMILES string of the molecule is CCNC(=NCC1CCOc2ccccc21)NC1CCC(C(=O)OCC)CC1.I. The minimum atomic E-state index is -0.0419. The summed E-state index contributed by atoms with van der Waals surface area (Å²) in [4.78, 5) is 16.8. The van der Waals surface area contributed by atoms with Gasteiger partial charge in [0.15, 0.2) is 5.96 Å². The molecule has 1 heterocycles. The monoisotopic (exact) mass is 515 g/mol. The standard InChI is InChI=1S/C22H33N3O3.HI/c1-3-23-22(25-18-11-9-16(10-12-18)21(26)27-4-2)24-15-17-13-14-28-20-8-6-5-7-19(17)20;/h5-8,16-18H,3-4,9-15H2,1-2H3,(H2,23,24,25);1H. The molecule has 2 aliphatic rings. The molecular formula is C22H34IN3O3. The van der Waals surface area contributed by atoms with Gasteiger partial charge in [-0.2, -0.15) is 0 Å². The molecule has 1 aromatic carbocycles. The van der Waals surface area contributed by atoms with E-state index in [1.807, 2.05) is 19.1 Å². The van der Waals surface area contributed by atoms with E-state index < -0.39 is 0 Å². The van der Waals surface area contributed by atoms with Gasteiger partial charge in [-0.05, 0) is 57.6 Å². The molecule has 1 aliphatic carbocycles. The molecule has 29 heavy (non-hydrogen) atoms. The number of fused-ring (bicyclic) bond motifs is 1. The number of nitrogens with zero attached hydrogens (tertiary/aromatic N) is 1. The predicted molar refractivity (Wildman–Crippen MR) is 126 cm³/mol. The van der Waals surface area contributed by atoms with E-state index >= 15 is 0 Å². The second-order valence-corrected chi connectivity index (χ2v) is 7.54. The number of halogens is 1. The zero-order valence-electron chi connectivity index (χ0n) is 17.5. The van der Waals surface area contributed by atoms with E-state index in [-0.39, 0.29) is 35.9 Å². The van der Waals surface area contributed by atoms with Gasteiger partial charge in [-0.25, -0.2) is 0 Å². The molecule has 0 aromatic heterocycles. The van der Waals surface area contributed by atoms with Crippen molar-refractivity contribution in [3.8, 4) is 5.75 Å². The number of para-hydroxylation sites is 1. The summed E-state index contributed by atoms with van der Waals surface area (Å²) < 4.78 is 10.9. The summed E-state index contributed by atoms with van der Waals surface area (Å²) in [7, 11) is 0. The minimum Gasteiger partial charge on any atom is -0.493 e. The fraction of sp³-hybridized carbons (Fsp3) is 0.636. The first-order valence-electron chi connectivity index (χ1n) is 10.6. The molecule has 1 aromatic rings. The number of hydrogen-bond acceptors (Lipinski definition) is 4. The molecule has 162 valence electrons. The van der Waals surface area contributed by atoms with Gasteiger partial charge in [0.1, 0.15) is 5.75 Å². The van der Waals surface area contributed by atoms with E-state index in [1.54, 1.807) is 0 Å². The van der Waals surface area contributed by atoms with Crippen LogP contribution in [-0.2, 0) is 9.53 Å². The van der Waals surface area contributed by atoms with E-state index in [0.717, 1.165) is 63.5 Å². The van der Waals surface area contributed by atoms with Gasteiger partial charge in [-0.15, -0.1) is 24.0 Å². The molecule has 3 rings (SSSR count). The molecule has 0 saturated heterocycles. The summed E-state index contributed by atoms with van der Waals surface area (Å²) in [5, 5.41) is 6.93. The van der Waals surface area contributed by atoms with Crippen LogP contribution in [0.2, 0.25) is 0 Å². The largest absolute Gasteiger partial charge is 0.493 e. The number of ether oxygens (including phenoxy) is 2. The highest BCUT2D eigenvalue weighted by molar-refractivity contribution is 14.0. The molecule has 1 saturated carbocycles. The summed E-state index contributed by atoms with van der Waals surface area (Å²) in [6, 6.07) is 8.62. The Balaban J connectivity index is 0.00000300. The fourth-order valence-electron chi connectivity index (χ4n) is 4.05. The van der Waals surface area contributed by atoms with Crippen molar-refractivity contribution in [3.05, 3.63) is 29.8 Å². The van der Waals surface area contributed by atoms with Crippen LogP contribution >= 0.6 is 24.0 Å². The van der Waals surface area contributed by atoms with Crippen LogP contribution < -0.4 is 15.4 Å². The second-order valence-electron chi connectivity index (χ2n) is 7.54. The van der Waals surface area contributed by atoms with E-state index in [1.165, 1.54) is 5.56 Å². The Morgan fingerprint density at radius 2 is 1.93 bits per heavy atom. The van der Waals surface area contributed by atoms with E-state index in [4.69, 9.17) is 14.5 Å². The number of carbonyl (C=O) groups is 1. The Morgan fingerprint density at radius 1 is 1.17 bits per heavy atom. The Bertz CT molecular complexity index is 675. The lowest BCUT2D eigenvalue weighted by atomic mass is 9.86. The van der Waals surface area contributed by atoms with Crippen LogP contribution in [0.5, 0.6) is 5.75 Å². The quantitative estimate of drug-likeness (QED) is 0.261. The van der Waals surface area contributed by atoms with Crippen LogP contribution in [0, 0.1) is 5.92 Å². The summed E-state index contributed by atoms with van der Waals surface area (Å²) in [5.41, 5.74) is 1.25. The molecule has 7 heteroatoms. The third-order valence-corrected chi connectivity index (χ3v) is 5.58. The summed E-state index contributed by atoms with van der Waals surface area (Å²) >= 11 is 0. The average Bonchev–Trinajstić information content (AvgIpc) is 2.73. The number of benzene rings is 1. The zero-order valence-corrected chi connectivity index (χ0v) is 19.8. The number of guanidine groups is 1. The first-order valence-corrected chi connectivity index (χ1v) is 10.6. The average molecular weight is 515 g/mol. The molecule has 1 unspecified atom stereocenters. The van der Waals surface area contributed by atoms with Gasteiger partial charge < -0.3 is 20.1 Å². The van der Waals surface area contributed by atoms with Crippen LogP contribution in [0.1, 0.15) is 57.4 Å². The Kier molecular flexibility index (Phi) is 10.0. The van der Waals surface area contributed by atoms with Crippen molar-refractivity contribution in [2.24, 2.45) is 10.9 Å².